The van der Waals surface area contributed by atoms with Crippen LogP contribution in [0.4, 0.5) is 4.39 Å². The van der Waals surface area contributed by atoms with Crippen LogP contribution in [0.25, 0.3) is 11.0 Å². The summed E-state index contributed by atoms with van der Waals surface area (Å²) in [6, 6.07) is 10.0. The van der Waals surface area contributed by atoms with Crippen molar-refractivity contribution in [1.29, 1.82) is 0 Å². The predicted molar refractivity (Wildman–Crippen MR) is 112 cm³/mol. The zero-order valence-electron chi connectivity index (χ0n) is 16.9. The average molecular weight is 461 g/mol. The van der Waals surface area contributed by atoms with Gasteiger partial charge < -0.3 is 14.3 Å². The van der Waals surface area contributed by atoms with Gasteiger partial charge in [0.2, 0.25) is 10.0 Å². The van der Waals surface area contributed by atoms with Crippen LogP contribution in [0.3, 0.4) is 0 Å². The Kier molecular flexibility index (Phi) is 5.98. The van der Waals surface area contributed by atoms with Crippen molar-refractivity contribution in [2.45, 2.75) is 24.3 Å². The van der Waals surface area contributed by atoms with Crippen molar-refractivity contribution < 1.29 is 31.9 Å². The number of phenolic OH excluding ortho intramolecular Hbond substituents is 1. The number of rotatable bonds is 5. The largest absolute Gasteiger partial charge is 0.508 e. The van der Waals surface area contributed by atoms with Crippen LogP contribution in [0.15, 0.2) is 62.6 Å². The molecule has 1 saturated heterocycles. The molecule has 0 saturated carbocycles. The maximum Gasteiger partial charge on any atom is 0.336 e. The number of hydrogen-bond acceptors (Lipinski definition) is 7. The van der Waals surface area contributed by atoms with Gasteiger partial charge in [0.15, 0.2) is 0 Å². The lowest BCUT2D eigenvalue weighted by Gasteiger charge is -2.30. The van der Waals surface area contributed by atoms with E-state index in [0.717, 1.165) is 12.1 Å². The topological polar surface area (TPSA) is 114 Å². The Morgan fingerprint density at radius 2 is 1.94 bits per heavy atom. The van der Waals surface area contributed by atoms with E-state index in [1.54, 1.807) is 6.07 Å². The Labute approximate surface area is 182 Å². The van der Waals surface area contributed by atoms with Crippen LogP contribution < -0.4 is 5.63 Å². The van der Waals surface area contributed by atoms with E-state index in [2.05, 4.69) is 0 Å². The Bertz CT molecular complexity index is 1320. The Balaban J connectivity index is 1.47. The fourth-order valence-electron chi connectivity index (χ4n) is 3.71. The lowest BCUT2D eigenvalue weighted by atomic mass is 10.00. The minimum atomic E-state index is -3.87. The standard InChI is InChI=1S/C22H20FNO7S/c23-16-3-6-18(7-4-16)32(28,29)24-9-1-2-14(12-24)22(27)30-13-15-10-21(26)31-20-11-17(25)5-8-19(15)20/h3-8,10-11,14,25H,1-2,9,12-13H2. The summed E-state index contributed by atoms with van der Waals surface area (Å²) in [5.41, 5.74) is -0.0719. The summed E-state index contributed by atoms with van der Waals surface area (Å²) in [5.74, 6) is -1.86. The molecule has 0 amide bonds. The minimum Gasteiger partial charge on any atom is -0.508 e. The summed E-state index contributed by atoms with van der Waals surface area (Å²) in [6.45, 7) is -0.00559. The first-order valence-electron chi connectivity index (χ1n) is 9.92. The van der Waals surface area contributed by atoms with Crippen LogP contribution in [0.5, 0.6) is 5.75 Å². The third-order valence-corrected chi connectivity index (χ3v) is 7.23. The molecule has 1 fully saturated rings. The van der Waals surface area contributed by atoms with Gasteiger partial charge in [0, 0.05) is 36.2 Å². The lowest BCUT2D eigenvalue weighted by molar-refractivity contribution is -0.151. The second-order valence-electron chi connectivity index (χ2n) is 7.53. The molecule has 1 aliphatic rings. The second kappa shape index (κ2) is 8.71. The molecule has 0 spiro atoms. The number of benzene rings is 2. The van der Waals surface area contributed by atoms with E-state index in [9.17, 15) is 27.5 Å². The third-order valence-electron chi connectivity index (χ3n) is 5.35. The Morgan fingerprint density at radius 1 is 1.19 bits per heavy atom. The van der Waals surface area contributed by atoms with E-state index >= 15 is 0 Å². The van der Waals surface area contributed by atoms with Crippen LogP contribution in [-0.4, -0.2) is 36.9 Å². The highest BCUT2D eigenvalue weighted by atomic mass is 32.2. The Hall–Kier alpha value is -3.24. The fraction of sp³-hybridized carbons (Fsp3) is 0.273. The van der Waals surface area contributed by atoms with Crippen LogP contribution in [0.1, 0.15) is 18.4 Å². The molecule has 4 rings (SSSR count). The van der Waals surface area contributed by atoms with Crippen molar-refractivity contribution in [1.82, 2.24) is 4.31 Å². The molecule has 1 N–H and O–H groups in total. The van der Waals surface area contributed by atoms with Crippen LogP contribution >= 0.6 is 0 Å². The molecule has 3 aromatic rings. The van der Waals surface area contributed by atoms with Crippen LogP contribution in [0, 0.1) is 11.7 Å². The highest BCUT2D eigenvalue weighted by molar-refractivity contribution is 7.89. The van der Waals surface area contributed by atoms with Gasteiger partial charge in [-0.1, -0.05) is 0 Å². The highest BCUT2D eigenvalue weighted by Crippen LogP contribution is 2.26. The van der Waals surface area contributed by atoms with E-state index in [4.69, 9.17) is 9.15 Å². The number of halogens is 1. The summed E-state index contributed by atoms with van der Waals surface area (Å²) in [5, 5.41) is 10.1. The third kappa shape index (κ3) is 4.51. The maximum atomic E-state index is 13.1. The van der Waals surface area contributed by atoms with E-state index < -0.39 is 33.4 Å². The first-order valence-corrected chi connectivity index (χ1v) is 11.4. The van der Waals surface area contributed by atoms with Crippen molar-refractivity contribution in [3.05, 3.63) is 70.3 Å². The quantitative estimate of drug-likeness (QED) is 0.459. The van der Waals surface area contributed by atoms with E-state index in [-0.39, 0.29) is 35.9 Å². The summed E-state index contributed by atoms with van der Waals surface area (Å²) >= 11 is 0. The average Bonchev–Trinajstić information content (AvgIpc) is 2.77. The monoisotopic (exact) mass is 461 g/mol. The van der Waals surface area contributed by atoms with Gasteiger partial charge in [-0.15, -0.1) is 0 Å². The minimum absolute atomic E-state index is 0.0429. The summed E-state index contributed by atoms with van der Waals surface area (Å²) in [6.07, 6.45) is 0.928. The molecule has 10 heteroatoms. The van der Waals surface area contributed by atoms with Crippen molar-refractivity contribution in [3.8, 4) is 5.75 Å². The Morgan fingerprint density at radius 3 is 2.69 bits per heavy atom. The second-order valence-corrected chi connectivity index (χ2v) is 9.47. The number of carbonyl (C=O) groups is 1. The van der Waals surface area contributed by atoms with Gasteiger partial charge in [-0.25, -0.2) is 17.6 Å². The molecule has 0 bridgehead atoms. The van der Waals surface area contributed by atoms with Gasteiger partial charge in [-0.05, 0) is 49.2 Å². The zero-order valence-corrected chi connectivity index (χ0v) is 17.7. The molecule has 168 valence electrons. The molecule has 1 atom stereocenters. The van der Waals surface area contributed by atoms with Crippen molar-refractivity contribution >= 4 is 27.0 Å². The number of fused-ring (bicyclic) bond motifs is 1. The first-order chi connectivity index (χ1) is 15.2. The van der Waals surface area contributed by atoms with Gasteiger partial charge in [0.25, 0.3) is 0 Å². The molecule has 2 heterocycles. The number of phenols is 1. The first kappa shape index (κ1) is 22.0. The number of aromatic hydroxyl groups is 1. The number of esters is 1. The molecule has 0 radical (unpaired) electrons. The number of sulfonamides is 1. The summed E-state index contributed by atoms with van der Waals surface area (Å²) in [4.78, 5) is 24.4. The smallest absolute Gasteiger partial charge is 0.336 e. The number of ether oxygens (including phenoxy) is 1. The molecule has 8 nitrogen and oxygen atoms in total. The number of nitrogens with zero attached hydrogens (tertiary/aromatic N) is 1. The number of hydrogen-bond donors (Lipinski definition) is 1. The normalized spacial score (nSPS) is 17.3. The predicted octanol–water partition coefficient (Wildman–Crippen LogP) is 2.78. The lowest BCUT2D eigenvalue weighted by Crippen LogP contribution is -2.42. The van der Waals surface area contributed by atoms with Crippen LogP contribution in [-0.2, 0) is 26.2 Å². The molecule has 1 unspecified atom stereocenters. The van der Waals surface area contributed by atoms with Crippen molar-refractivity contribution in [2.75, 3.05) is 13.1 Å². The molecule has 1 aromatic heterocycles. The van der Waals surface area contributed by atoms with Gasteiger partial charge in [0.1, 0.15) is 23.8 Å². The van der Waals surface area contributed by atoms with E-state index in [1.165, 1.54) is 34.6 Å². The number of carbonyl (C=O) groups excluding carboxylic acids is 1. The SMILES string of the molecule is O=C(OCc1cc(=O)oc2cc(O)ccc12)C1CCCN(S(=O)(=O)c2ccc(F)cc2)C1. The van der Waals surface area contributed by atoms with Gasteiger partial charge in [0.05, 0.1) is 10.8 Å². The fourth-order valence-corrected chi connectivity index (χ4v) is 5.24. The van der Waals surface area contributed by atoms with Crippen LogP contribution in [0.2, 0.25) is 0 Å². The molecular weight excluding hydrogens is 441 g/mol. The van der Waals surface area contributed by atoms with Crippen molar-refractivity contribution in [3.63, 3.8) is 0 Å². The van der Waals surface area contributed by atoms with E-state index in [0.29, 0.717) is 23.8 Å². The van der Waals surface area contributed by atoms with Gasteiger partial charge >= 0.3 is 11.6 Å². The molecular formula is C22H20FNO7S. The summed E-state index contributed by atoms with van der Waals surface area (Å²) < 4.78 is 50.5. The number of piperidine rings is 1. The molecule has 1 aliphatic heterocycles. The molecule has 32 heavy (non-hydrogen) atoms. The molecule has 2 aromatic carbocycles. The molecule has 0 aliphatic carbocycles. The van der Waals surface area contributed by atoms with Gasteiger partial charge in [-0.3, -0.25) is 4.79 Å². The van der Waals surface area contributed by atoms with Crippen molar-refractivity contribution in [2.24, 2.45) is 5.92 Å². The van der Waals surface area contributed by atoms with Gasteiger partial charge in [-0.2, -0.15) is 4.31 Å². The highest BCUT2D eigenvalue weighted by Gasteiger charge is 2.34. The summed E-state index contributed by atoms with van der Waals surface area (Å²) in [7, 11) is -3.87. The maximum absolute atomic E-state index is 13.1. The zero-order chi connectivity index (χ0) is 22.9. The van der Waals surface area contributed by atoms with E-state index in [1.807, 2.05) is 0 Å².